The molecule has 2 unspecified atom stereocenters. The number of hydrogen-bond acceptors (Lipinski definition) is 2. The highest BCUT2D eigenvalue weighted by Gasteiger charge is 2.40. The minimum atomic E-state index is -0.273. The van der Waals surface area contributed by atoms with Crippen LogP contribution in [0.5, 0.6) is 0 Å². The van der Waals surface area contributed by atoms with Gasteiger partial charge in [0.2, 0.25) is 0 Å². The summed E-state index contributed by atoms with van der Waals surface area (Å²) < 4.78 is 2.61. The standard InChI is InChI=1S/C18H28N2O/c1-12-8-14-15(9-18(2,3)10-17(14)21)20(12)16-11-19-6-4-13(16)5-7-19/h8,13,16-17,21H,4-7,9-11H2,1-3H3. The number of aryl methyl sites for hydroxylation is 1. The molecule has 1 aliphatic carbocycles. The molecule has 4 heterocycles. The SMILES string of the molecule is Cc1cc2c(n1C1CN3CCC1CC3)CC(C)(C)CC2O. The van der Waals surface area contributed by atoms with E-state index in [4.69, 9.17) is 0 Å². The van der Waals surface area contributed by atoms with Crippen LogP contribution in [0.3, 0.4) is 0 Å². The Morgan fingerprint density at radius 1 is 1.24 bits per heavy atom. The Morgan fingerprint density at radius 3 is 2.57 bits per heavy atom. The van der Waals surface area contributed by atoms with Crippen molar-refractivity contribution in [2.75, 3.05) is 19.6 Å². The average Bonchev–Trinajstić information content (AvgIpc) is 2.75. The Morgan fingerprint density at radius 2 is 1.95 bits per heavy atom. The predicted molar refractivity (Wildman–Crippen MR) is 84.4 cm³/mol. The van der Waals surface area contributed by atoms with Gasteiger partial charge in [-0.3, -0.25) is 0 Å². The first-order valence-corrected chi connectivity index (χ1v) is 8.56. The highest BCUT2D eigenvalue weighted by Crippen LogP contribution is 2.45. The molecule has 3 fully saturated rings. The van der Waals surface area contributed by atoms with Crippen molar-refractivity contribution in [3.05, 3.63) is 23.0 Å². The van der Waals surface area contributed by atoms with E-state index in [2.05, 4.69) is 36.3 Å². The molecule has 0 saturated carbocycles. The van der Waals surface area contributed by atoms with Crippen molar-refractivity contribution >= 4 is 0 Å². The van der Waals surface area contributed by atoms with Crippen molar-refractivity contribution in [2.24, 2.45) is 11.3 Å². The van der Waals surface area contributed by atoms with Gasteiger partial charge in [-0.15, -0.1) is 0 Å². The van der Waals surface area contributed by atoms with Crippen LogP contribution < -0.4 is 0 Å². The maximum atomic E-state index is 10.5. The lowest BCUT2D eigenvalue weighted by Crippen LogP contribution is -2.48. The fourth-order valence-corrected chi connectivity index (χ4v) is 5.05. The van der Waals surface area contributed by atoms with Gasteiger partial charge in [0.25, 0.3) is 0 Å². The molecule has 0 spiro atoms. The van der Waals surface area contributed by atoms with E-state index < -0.39 is 0 Å². The fourth-order valence-electron chi connectivity index (χ4n) is 5.05. The minimum Gasteiger partial charge on any atom is -0.388 e. The third kappa shape index (κ3) is 2.17. The van der Waals surface area contributed by atoms with Gasteiger partial charge in [-0.1, -0.05) is 13.8 Å². The Kier molecular flexibility index (Phi) is 3.03. The van der Waals surface area contributed by atoms with Gasteiger partial charge >= 0.3 is 0 Å². The van der Waals surface area contributed by atoms with E-state index in [1.165, 1.54) is 49.4 Å². The molecule has 0 aromatic carbocycles. The van der Waals surface area contributed by atoms with Crippen molar-refractivity contribution in [3.63, 3.8) is 0 Å². The normalized spacial score (nSPS) is 37.5. The van der Waals surface area contributed by atoms with Gasteiger partial charge in [-0.05, 0) is 63.1 Å². The Bertz CT molecular complexity index is 552. The highest BCUT2D eigenvalue weighted by atomic mass is 16.3. The zero-order valence-electron chi connectivity index (χ0n) is 13.6. The third-order valence-corrected chi connectivity index (χ3v) is 6.07. The summed E-state index contributed by atoms with van der Waals surface area (Å²) in [4.78, 5) is 2.63. The van der Waals surface area contributed by atoms with Crippen molar-refractivity contribution in [1.82, 2.24) is 9.47 Å². The molecule has 2 atom stereocenters. The zero-order valence-corrected chi connectivity index (χ0v) is 13.6. The van der Waals surface area contributed by atoms with E-state index in [1.807, 2.05) is 0 Å². The number of rotatable bonds is 1. The number of aromatic nitrogens is 1. The van der Waals surface area contributed by atoms with Gasteiger partial charge in [0.05, 0.1) is 6.10 Å². The molecule has 3 nitrogen and oxygen atoms in total. The summed E-state index contributed by atoms with van der Waals surface area (Å²) >= 11 is 0. The zero-order chi connectivity index (χ0) is 14.8. The molecule has 116 valence electrons. The smallest absolute Gasteiger partial charge is 0.0812 e. The van der Waals surface area contributed by atoms with Crippen LogP contribution in [-0.4, -0.2) is 34.2 Å². The molecule has 3 heteroatoms. The lowest BCUT2D eigenvalue weighted by atomic mass is 9.75. The summed E-state index contributed by atoms with van der Waals surface area (Å²) in [6.45, 7) is 10.6. The molecule has 0 radical (unpaired) electrons. The number of aliphatic hydroxyl groups is 1. The van der Waals surface area contributed by atoms with Gasteiger partial charge < -0.3 is 14.6 Å². The second kappa shape index (κ2) is 4.60. The maximum Gasteiger partial charge on any atom is 0.0812 e. The first-order chi connectivity index (χ1) is 9.94. The lowest BCUT2D eigenvalue weighted by Gasteiger charge is -2.47. The molecule has 1 aromatic heterocycles. The summed E-state index contributed by atoms with van der Waals surface area (Å²) in [6.07, 6.45) is 4.43. The fraction of sp³-hybridized carbons (Fsp3) is 0.778. The second-order valence-corrected chi connectivity index (χ2v) is 8.32. The molecule has 4 aliphatic rings. The molecule has 21 heavy (non-hydrogen) atoms. The highest BCUT2D eigenvalue weighted by molar-refractivity contribution is 5.34. The minimum absolute atomic E-state index is 0.211. The van der Waals surface area contributed by atoms with Crippen molar-refractivity contribution in [2.45, 2.75) is 58.6 Å². The maximum absolute atomic E-state index is 10.5. The van der Waals surface area contributed by atoms with Gasteiger partial charge in [-0.25, -0.2) is 0 Å². The molecule has 5 rings (SSSR count). The van der Waals surface area contributed by atoms with E-state index in [-0.39, 0.29) is 11.5 Å². The van der Waals surface area contributed by atoms with Crippen LogP contribution in [0, 0.1) is 18.3 Å². The molecule has 3 aliphatic heterocycles. The van der Waals surface area contributed by atoms with E-state index in [0.717, 1.165) is 18.8 Å². The van der Waals surface area contributed by atoms with Crippen molar-refractivity contribution < 1.29 is 5.11 Å². The van der Waals surface area contributed by atoms with E-state index in [9.17, 15) is 5.11 Å². The summed E-state index contributed by atoms with van der Waals surface area (Å²) in [5.41, 5.74) is 4.21. The summed E-state index contributed by atoms with van der Waals surface area (Å²) in [6, 6.07) is 2.89. The van der Waals surface area contributed by atoms with E-state index >= 15 is 0 Å². The predicted octanol–water partition coefficient (Wildman–Crippen LogP) is 3.07. The number of nitrogens with zero attached hydrogens (tertiary/aromatic N) is 2. The largest absolute Gasteiger partial charge is 0.388 e. The third-order valence-electron chi connectivity index (χ3n) is 6.07. The second-order valence-electron chi connectivity index (χ2n) is 8.32. The number of piperidine rings is 3. The topological polar surface area (TPSA) is 28.4 Å². The van der Waals surface area contributed by atoms with Crippen molar-refractivity contribution in [1.29, 1.82) is 0 Å². The molecule has 3 saturated heterocycles. The van der Waals surface area contributed by atoms with Gasteiger partial charge in [0.15, 0.2) is 0 Å². The Hall–Kier alpha value is -0.800. The molecular weight excluding hydrogens is 260 g/mol. The number of fused-ring (bicyclic) bond motifs is 4. The van der Waals surface area contributed by atoms with Crippen LogP contribution in [0.25, 0.3) is 0 Å². The molecule has 1 aromatic rings. The van der Waals surface area contributed by atoms with Gasteiger partial charge in [0, 0.05) is 29.5 Å². The summed E-state index contributed by atoms with van der Waals surface area (Å²) in [5.74, 6) is 0.840. The van der Waals surface area contributed by atoms with E-state index in [0.29, 0.717) is 6.04 Å². The van der Waals surface area contributed by atoms with Crippen LogP contribution in [0.2, 0.25) is 0 Å². The number of hydrogen-bond donors (Lipinski definition) is 1. The lowest BCUT2D eigenvalue weighted by molar-refractivity contribution is 0.0509. The van der Waals surface area contributed by atoms with Crippen LogP contribution in [0.15, 0.2) is 6.07 Å². The molecular formula is C18H28N2O. The first-order valence-electron chi connectivity index (χ1n) is 8.56. The van der Waals surface area contributed by atoms with E-state index in [1.54, 1.807) is 0 Å². The molecule has 1 N–H and O–H groups in total. The van der Waals surface area contributed by atoms with Crippen LogP contribution >= 0.6 is 0 Å². The van der Waals surface area contributed by atoms with Gasteiger partial charge in [0.1, 0.15) is 0 Å². The Balaban J connectivity index is 1.76. The quantitative estimate of drug-likeness (QED) is 0.860. The number of aliphatic hydroxyl groups excluding tert-OH is 1. The molecule has 0 amide bonds. The summed E-state index contributed by atoms with van der Waals surface area (Å²) in [7, 11) is 0. The van der Waals surface area contributed by atoms with Crippen LogP contribution in [0.1, 0.15) is 62.2 Å². The van der Waals surface area contributed by atoms with Crippen LogP contribution in [-0.2, 0) is 6.42 Å². The summed E-state index contributed by atoms with van der Waals surface area (Å²) in [5, 5.41) is 10.5. The average molecular weight is 288 g/mol. The molecule has 2 bridgehead atoms. The first kappa shape index (κ1) is 13.8. The monoisotopic (exact) mass is 288 g/mol. The van der Waals surface area contributed by atoms with Crippen LogP contribution in [0.4, 0.5) is 0 Å². The van der Waals surface area contributed by atoms with Crippen molar-refractivity contribution in [3.8, 4) is 0 Å². The Labute approximate surface area is 127 Å². The van der Waals surface area contributed by atoms with Gasteiger partial charge in [-0.2, -0.15) is 0 Å².